The van der Waals surface area contributed by atoms with Gasteiger partial charge in [-0.05, 0) is 62.4 Å². The highest BCUT2D eigenvalue weighted by Gasteiger charge is 2.52. The molecule has 0 bridgehead atoms. The van der Waals surface area contributed by atoms with E-state index in [4.69, 9.17) is 0 Å². The Balaban J connectivity index is 1.21. The first-order valence-electron chi connectivity index (χ1n) is 13.2. The van der Waals surface area contributed by atoms with Crippen LogP contribution in [-0.2, 0) is 27.2 Å². The molecule has 6 rings (SSSR count). The van der Waals surface area contributed by atoms with Gasteiger partial charge in [0.2, 0.25) is 17.7 Å². The van der Waals surface area contributed by atoms with Gasteiger partial charge in [0.1, 0.15) is 12.4 Å². The molecule has 0 radical (unpaired) electrons. The minimum atomic E-state index is -0.773. The average molecular weight is 512 g/mol. The van der Waals surface area contributed by atoms with Crippen molar-refractivity contribution in [3.05, 3.63) is 88.8 Å². The lowest BCUT2D eigenvalue weighted by Crippen LogP contribution is -2.66. The number of fused-ring (bicyclic) bond motifs is 2. The van der Waals surface area contributed by atoms with E-state index in [0.29, 0.717) is 25.1 Å². The largest absolute Gasteiger partial charge is 0.368 e. The third-order valence-corrected chi connectivity index (χ3v) is 8.26. The number of anilines is 1. The lowest BCUT2D eigenvalue weighted by Gasteiger charge is -2.47. The molecule has 38 heavy (non-hydrogen) atoms. The van der Waals surface area contributed by atoms with E-state index < -0.39 is 11.0 Å². The van der Waals surface area contributed by atoms with Crippen molar-refractivity contribution in [2.45, 2.75) is 51.2 Å². The van der Waals surface area contributed by atoms with Gasteiger partial charge in [0.25, 0.3) is 0 Å². The van der Waals surface area contributed by atoms with Crippen LogP contribution in [0.3, 0.4) is 0 Å². The van der Waals surface area contributed by atoms with Crippen LogP contribution in [0.4, 0.5) is 5.69 Å². The number of dihydropyridines is 1. The van der Waals surface area contributed by atoms with Gasteiger partial charge >= 0.3 is 0 Å². The molecular weight excluding hydrogens is 478 g/mol. The third kappa shape index (κ3) is 3.91. The van der Waals surface area contributed by atoms with Crippen LogP contribution in [0.25, 0.3) is 0 Å². The Kier molecular flexibility index (Phi) is 5.68. The summed E-state index contributed by atoms with van der Waals surface area (Å²) in [6, 6.07) is 15.4. The molecule has 3 heterocycles. The van der Waals surface area contributed by atoms with Crippen LogP contribution >= 0.6 is 0 Å². The number of rotatable bonds is 4. The molecule has 4 N–H and O–H groups in total. The van der Waals surface area contributed by atoms with Crippen LogP contribution in [-0.4, -0.2) is 47.3 Å². The molecule has 3 atom stereocenters. The fourth-order valence-corrected chi connectivity index (χ4v) is 6.60. The zero-order valence-electron chi connectivity index (χ0n) is 21.9. The van der Waals surface area contributed by atoms with E-state index in [1.807, 2.05) is 75.4 Å². The number of allylic oxidation sites excluding steroid dienone is 1. The second kappa shape index (κ2) is 8.84. The van der Waals surface area contributed by atoms with Gasteiger partial charge in [0.05, 0.1) is 17.0 Å². The van der Waals surface area contributed by atoms with E-state index in [2.05, 4.69) is 27.3 Å². The molecule has 0 aromatic heterocycles. The van der Waals surface area contributed by atoms with Crippen LogP contribution in [0.5, 0.6) is 0 Å². The van der Waals surface area contributed by atoms with Crippen molar-refractivity contribution in [1.29, 1.82) is 0 Å². The molecular formula is C30H33N5O3. The van der Waals surface area contributed by atoms with Crippen molar-refractivity contribution >= 4 is 23.4 Å². The van der Waals surface area contributed by atoms with Crippen LogP contribution < -0.4 is 21.3 Å². The van der Waals surface area contributed by atoms with Gasteiger partial charge < -0.3 is 20.9 Å². The average Bonchev–Trinajstić information content (AvgIpc) is 3.40. The van der Waals surface area contributed by atoms with Crippen LogP contribution in [0, 0.1) is 5.41 Å². The fraction of sp³-hybridized carbons (Fsp3) is 0.367. The number of hydrogen-bond acceptors (Lipinski definition) is 5. The maximum absolute atomic E-state index is 13.4. The van der Waals surface area contributed by atoms with Crippen molar-refractivity contribution in [2.24, 2.45) is 5.41 Å². The quantitative estimate of drug-likeness (QED) is 0.505. The van der Waals surface area contributed by atoms with Gasteiger partial charge in [-0.15, -0.1) is 0 Å². The number of amides is 3. The van der Waals surface area contributed by atoms with Crippen LogP contribution in [0.2, 0.25) is 0 Å². The molecule has 196 valence electrons. The molecule has 1 aliphatic carbocycles. The summed E-state index contributed by atoms with van der Waals surface area (Å²) in [5.41, 5.74) is 3.45. The Morgan fingerprint density at radius 3 is 2.63 bits per heavy atom. The van der Waals surface area contributed by atoms with E-state index in [-0.39, 0.29) is 36.3 Å². The molecule has 2 aromatic carbocycles. The third-order valence-electron chi connectivity index (χ3n) is 8.26. The first-order valence-corrected chi connectivity index (χ1v) is 13.2. The molecule has 8 heteroatoms. The van der Waals surface area contributed by atoms with E-state index in [0.717, 1.165) is 28.1 Å². The zero-order valence-corrected chi connectivity index (χ0v) is 21.9. The van der Waals surface area contributed by atoms with Crippen molar-refractivity contribution in [3.8, 4) is 0 Å². The summed E-state index contributed by atoms with van der Waals surface area (Å²) in [6.07, 6.45) is 5.31. The number of carbonyl (C=O) groups is 3. The van der Waals surface area contributed by atoms with E-state index in [1.54, 1.807) is 4.90 Å². The molecule has 3 amide bonds. The van der Waals surface area contributed by atoms with E-state index >= 15 is 0 Å². The van der Waals surface area contributed by atoms with Gasteiger partial charge in [0.15, 0.2) is 0 Å². The molecule has 0 saturated carbocycles. The number of nitrogens with zero attached hydrogens (tertiary/aromatic N) is 1. The van der Waals surface area contributed by atoms with Crippen LogP contribution in [0.15, 0.2) is 72.1 Å². The van der Waals surface area contributed by atoms with E-state index in [1.165, 1.54) is 0 Å². The molecule has 0 unspecified atom stereocenters. The SMILES string of the molecule is C[C@@H]1NC(C)(C)C(=O)N(CC(=O)Nc2ccc3c(c2)C[C@@]2(C3)C(=O)NC3=C2C=CCN3)[C@H]1c1ccccc1. The predicted molar refractivity (Wildman–Crippen MR) is 145 cm³/mol. The summed E-state index contributed by atoms with van der Waals surface area (Å²) in [5, 5.41) is 12.7. The predicted octanol–water partition coefficient (Wildman–Crippen LogP) is 2.55. The maximum atomic E-state index is 13.4. The van der Waals surface area contributed by atoms with Crippen LogP contribution in [0.1, 0.15) is 43.5 Å². The number of piperazine rings is 1. The van der Waals surface area contributed by atoms with Gasteiger partial charge in [-0.2, -0.15) is 0 Å². The highest BCUT2D eigenvalue weighted by molar-refractivity contribution is 5.97. The Hall–Kier alpha value is -3.91. The molecule has 8 nitrogen and oxygen atoms in total. The summed E-state index contributed by atoms with van der Waals surface area (Å²) >= 11 is 0. The normalized spacial score (nSPS) is 27.2. The maximum Gasteiger partial charge on any atom is 0.244 e. The second-order valence-corrected chi connectivity index (χ2v) is 11.3. The Morgan fingerprint density at radius 2 is 1.84 bits per heavy atom. The Labute approximate surface area is 222 Å². The summed E-state index contributed by atoms with van der Waals surface area (Å²) in [7, 11) is 0. The van der Waals surface area contributed by atoms with Gasteiger partial charge in [-0.3, -0.25) is 19.7 Å². The van der Waals surface area contributed by atoms with Gasteiger partial charge in [0, 0.05) is 23.8 Å². The van der Waals surface area contributed by atoms with Crippen molar-refractivity contribution in [2.75, 3.05) is 18.4 Å². The van der Waals surface area contributed by atoms with Gasteiger partial charge in [-0.25, -0.2) is 0 Å². The second-order valence-electron chi connectivity index (χ2n) is 11.3. The lowest BCUT2D eigenvalue weighted by atomic mass is 9.78. The van der Waals surface area contributed by atoms with Crippen molar-refractivity contribution < 1.29 is 14.4 Å². The molecule has 4 aliphatic rings. The number of carbonyl (C=O) groups excluding carboxylic acids is 3. The number of benzene rings is 2. The summed E-state index contributed by atoms with van der Waals surface area (Å²) < 4.78 is 0. The Morgan fingerprint density at radius 1 is 1.08 bits per heavy atom. The summed E-state index contributed by atoms with van der Waals surface area (Å²) in [6.45, 7) is 6.40. The minimum Gasteiger partial charge on any atom is -0.368 e. The zero-order chi connectivity index (χ0) is 26.7. The first kappa shape index (κ1) is 24.4. The highest BCUT2D eigenvalue weighted by atomic mass is 16.2. The Bertz CT molecular complexity index is 1400. The highest BCUT2D eigenvalue weighted by Crippen LogP contribution is 2.48. The molecule has 2 aromatic rings. The van der Waals surface area contributed by atoms with Crippen molar-refractivity contribution in [3.63, 3.8) is 0 Å². The molecule has 3 aliphatic heterocycles. The monoisotopic (exact) mass is 511 g/mol. The minimum absolute atomic E-state index is 0.0178. The fourth-order valence-electron chi connectivity index (χ4n) is 6.60. The topological polar surface area (TPSA) is 103 Å². The first-order chi connectivity index (χ1) is 18.2. The smallest absolute Gasteiger partial charge is 0.244 e. The molecule has 1 spiro atoms. The van der Waals surface area contributed by atoms with Crippen molar-refractivity contribution in [1.82, 2.24) is 20.9 Å². The number of hydrogen-bond donors (Lipinski definition) is 4. The lowest BCUT2D eigenvalue weighted by molar-refractivity contribution is -0.148. The van der Waals surface area contributed by atoms with Gasteiger partial charge in [-0.1, -0.05) is 48.6 Å². The molecule has 1 fully saturated rings. The van der Waals surface area contributed by atoms with E-state index in [9.17, 15) is 14.4 Å². The number of nitrogens with one attached hydrogen (secondary N) is 4. The summed E-state index contributed by atoms with van der Waals surface area (Å²) in [5.74, 6) is 0.467. The standard InChI is InChI=1S/C30H33N5O3/c1-18-25(19-8-5-4-6-9-19)35(28(38)29(2,3)34-18)17-24(36)32-22-12-11-20-15-30(16-21(20)14-22)23-10-7-13-31-26(23)33-27(30)37/h4-12,14,18,25,31,34H,13,15-17H2,1-3H3,(H,32,36)(H,33,37)/t18-,25+,30+/m0/s1. The molecule has 1 saturated heterocycles. The summed E-state index contributed by atoms with van der Waals surface area (Å²) in [4.78, 5) is 41.5.